The summed E-state index contributed by atoms with van der Waals surface area (Å²) in [4.78, 5) is 12.2. The van der Waals surface area contributed by atoms with Crippen LogP contribution >= 0.6 is 11.6 Å². The molecule has 0 bridgehead atoms. The summed E-state index contributed by atoms with van der Waals surface area (Å²) in [5, 5.41) is 15.0. The van der Waals surface area contributed by atoms with Gasteiger partial charge in [0.2, 0.25) is 0 Å². The van der Waals surface area contributed by atoms with Gasteiger partial charge in [-0.25, -0.2) is 0 Å². The van der Waals surface area contributed by atoms with Crippen LogP contribution in [0.4, 0.5) is 17.1 Å². The molecule has 0 saturated carbocycles. The van der Waals surface area contributed by atoms with Crippen molar-refractivity contribution in [3.05, 3.63) is 64.3 Å². The molecule has 0 aliphatic carbocycles. The molecule has 2 aromatic carbocycles. The number of nitrogens with two attached hydrogens (primary N) is 1. The van der Waals surface area contributed by atoms with Crippen LogP contribution in [0.15, 0.2) is 48.2 Å². The monoisotopic (exact) mass is 340 g/mol. The van der Waals surface area contributed by atoms with Crippen LogP contribution in [0.5, 0.6) is 0 Å². The molecular formula is C18H17ClN4O. The van der Waals surface area contributed by atoms with Crippen molar-refractivity contribution >= 4 is 34.6 Å². The topological polar surface area (TPSA) is 90.9 Å². The Morgan fingerprint density at radius 2 is 1.96 bits per heavy atom. The zero-order chi connectivity index (χ0) is 17.7. The summed E-state index contributed by atoms with van der Waals surface area (Å²) in [6.07, 6.45) is 1.37. The van der Waals surface area contributed by atoms with E-state index in [0.717, 1.165) is 11.3 Å². The van der Waals surface area contributed by atoms with E-state index in [4.69, 9.17) is 17.3 Å². The van der Waals surface area contributed by atoms with Crippen LogP contribution in [0.25, 0.3) is 0 Å². The SMILES string of the molecule is Cc1ccc(N/C=C(/C#N)C(=O)Nc2ccc(N)cc2Cl)cc1C. The van der Waals surface area contributed by atoms with Gasteiger partial charge in [-0.3, -0.25) is 4.79 Å². The number of amides is 1. The molecule has 5 nitrogen and oxygen atoms in total. The summed E-state index contributed by atoms with van der Waals surface area (Å²) in [5.74, 6) is -0.555. The van der Waals surface area contributed by atoms with E-state index in [2.05, 4.69) is 10.6 Å². The Labute approximate surface area is 145 Å². The average Bonchev–Trinajstić information content (AvgIpc) is 2.54. The maximum absolute atomic E-state index is 12.2. The molecular weight excluding hydrogens is 324 g/mol. The fourth-order valence-corrected chi connectivity index (χ4v) is 2.19. The highest BCUT2D eigenvalue weighted by atomic mass is 35.5. The molecule has 0 atom stereocenters. The average molecular weight is 341 g/mol. The number of hydrogen-bond acceptors (Lipinski definition) is 4. The lowest BCUT2D eigenvalue weighted by Gasteiger charge is -2.08. The molecule has 6 heteroatoms. The van der Waals surface area contributed by atoms with Crippen LogP contribution in [-0.2, 0) is 4.79 Å². The van der Waals surface area contributed by atoms with Gasteiger partial charge in [0, 0.05) is 17.6 Å². The molecule has 0 radical (unpaired) electrons. The van der Waals surface area contributed by atoms with Crippen molar-refractivity contribution in [3.8, 4) is 6.07 Å². The molecule has 0 aliphatic heterocycles. The minimum Gasteiger partial charge on any atom is -0.399 e. The minimum absolute atomic E-state index is 0.0684. The van der Waals surface area contributed by atoms with Gasteiger partial charge >= 0.3 is 0 Å². The second kappa shape index (κ2) is 7.53. The van der Waals surface area contributed by atoms with Crippen LogP contribution in [0.1, 0.15) is 11.1 Å². The number of nitriles is 1. The van der Waals surface area contributed by atoms with E-state index in [1.54, 1.807) is 12.1 Å². The van der Waals surface area contributed by atoms with E-state index in [-0.39, 0.29) is 5.57 Å². The lowest BCUT2D eigenvalue weighted by Crippen LogP contribution is -2.15. The normalized spacial score (nSPS) is 10.8. The molecule has 0 heterocycles. The Morgan fingerprint density at radius 1 is 1.21 bits per heavy atom. The third kappa shape index (κ3) is 4.28. The Kier molecular flexibility index (Phi) is 5.46. The molecule has 24 heavy (non-hydrogen) atoms. The number of nitrogens with one attached hydrogen (secondary N) is 2. The van der Waals surface area contributed by atoms with Crippen LogP contribution in [0.2, 0.25) is 5.02 Å². The molecule has 2 aromatic rings. The molecule has 1 amide bonds. The van der Waals surface area contributed by atoms with Crippen molar-refractivity contribution in [2.24, 2.45) is 0 Å². The third-order valence-electron chi connectivity index (χ3n) is 3.50. The van der Waals surface area contributed by atoms with Crippen LogP contribution in [0, 0.1) is 25.2 Å². The number of carbonyl (C=O) groups excluding carboxylic acids is 1. The van der Waals surface area contributed by atoms with E-state index in [0.29, 0.717) is 16.4 Å². The van der Waals surface area contributed by atoms with Crippen LogP contribution in [-0.4, -0.2) is 5.91 Å². The fraction of sp³-hybridized carbons (Fsp3) is 0.111. The molecule has 122 valence electrons. The predicted molar refractivity (Wildman–Crippen MR) is 97.7 cm³/mol. The standard InChI is InChI=1S/C18H17ClN4O/c1-11-3-5-15(7-12(11)2)22-10-13(9-20)18(24)23-17-6-4-14(21)8-16(17)19/h3-8,10,22H,21H2,1-2H3,(H,23,24)/b13-10-. The Morgan fingerprint density at radius 3 is 2.58 bits per heavy atom. The smallest absolute Gasteiger partial charge is 0.267 e. The molecule has 0 aromatic heterocycles. The van der Waals surface area contributed by atoms with Gasteiger partial charge in [-0.1, -0.05) is 17.7 Å². The fourth-order valence-electron chi connectivity index (χ4n) is 1.96. The van der Waals surface area contributed by atoms with Gasteiger partial charge in [0.25, 0.3) is 5.91 Å². The summed E-state index contributed by atoms with van der Waals surface area (Å²) in [6, 6.07) is 12.4. The number of nitrogens with zero attached hydrogens (tertiary/aromatic N) is 1. The van der Waals surface area contributed by atoms with Gasteiger partial charge in [-0.15, -0.1) is 0 Å². The van der Waals surface area contributed by atoms with Crippen molar-refractivity contribution in [1.29, 1.82) is 5.26 Å². The largest absolute Gasteiger partial charge is 0.399 e. The van der Waals surface area contributed by atoms with E-state index < -0.39 is 5.91 Å². The van der Waals surface area contributed by atoms with Gasteiger partial charge in [0.05, 0.1) is 10.7 Å². The number of rotatable bonds is 4. The highest BCUT2D eigenvalue weighted by Crippen LogP contribution is 2.24. The van der Waals surface area contributed by atoms with Gasteiger partial charge in [0.15, 0.2) is 0 Å². The van der Waals surface area contributed by atoms with Crippen molar-refractivity contribution in [2.45, 2.75) is 13.8 Å². The summed E-state index contributed by atoms with van der Waals surface area (Å²) in [7, 11) is 0. The van der Waals surface area contributed by atoms with Crippen molar-refractivity contribution in [3.63, 3.8) is 0 Å². The number of halogens is 1. The van der Waals surface area contributed by atoms with Crippen LogP contribution < -0.4 is 16.4 Å². The number of anilines is 3. The van der Waals surface area contributed by atoms with E-state index in [9.17, 15) is 10.1 Å². The quantitative estimate of drug-likeness (QED) is 0.445. The summed E-state index contributed by atoms with van der Waals surface area (Å²) in [6.45, 7) is 4.00. The molecule has 2 rings (SSSR count). The molecule has 0 aliphatic rings. The van der Waals surface area contributed by atoms with Gasteiger partial charge in [-0.2, -0.15) is 5.26 Å². The van der Waals surface area contributed by atoms with E-state index in [1.165, 1.54) is 17.8 Å². The first-order chi connectivity index (χ1) is 11.4. The van der Waals surface area contributed by atoms with Crippen molar-refractivity contribution < 1.29 is 4.79 Å². The minimum atomic E-state index is -0.555. The van der Waals surface area contributed by atoms with Gasteiger partial charge in [-0.05, 0) is 55.3 Å². The molecule has 0 unspecified atom stereocenters. The summed E-state index contributed by atoms with van der Waals surface area (Å²) >= 11 is 6.01. The highest BCUT2D eigenvalue weighted by Gasteiger charge is 2.11. The first-order valence-corrected chi connectivity index (χ1v) is 7.59. The predicted octanol–water partition coefficient (Wildman–Crippen LogP) is 4.00. The second-order valence-corrected chi connectivity index (χ2v) is 5.71. The Hall–Kier alpha value is -2.97. The number of aryl methyl sites for hydroxylation is 2. The number of carbonyl (C=O) groups is 1. The lowest BCUT2D eigenvalue weighted by molar-refractivity contribution is -0.112. The third-order valence-corrected chi connectivity index (χ3v) is 3.81. The van der Waals surface area contributed by atoms with Gasteiger partial charge in [0.1, 0.15) is 11.6 Å². The summed E-state index contributed by atoms with van der Waals surface area (Å²) < 4.78 is 0. The molecule has 0 spiro atoms. The zero-order valence-corrected chi connectivity index (χ0v) is 14.1. The van der Waals surface area contributed by atoms with E-state index in [1.807, 2.05) is 38.1 Å². The Bertz CT molecular complexity index is 853. The first kappa shape index (κ1) is 17.4. The number of benzene rings is 2. The molecule has 0 fully saturated rings. The zero-order valence-electron chi connectivity index (χ0n) is 13.4. The number of nitrogen functional groups attached to an aromatic ring is 1. The van der Waals surface area contributed by atoms with E-state index >= 15 is 0 Å². The van der Waals surface area contributed by atoms with Crippen molar-refractivity contribution in [2.75, 3.05) is 16.4 Å². The summed E-state index contributed by atoms with van der Waals surface area (Å²) in [5.41, 5.74) is 9.50. The van der Waals surface area contributed by atoms with Gasteiger partial charge < -0.3 is 16.4 Å². The maximum Gasteiger partial charge on any atom is 0.267 e. The van der Waals surface area contributed by atoms with Crippen LogP contribution in [0.3, 0.4) is 0 Å². The lowest BCUT2D eigenvalue weighted by atomic mass is 10.1. The number of hydrogen-bond donors (Lipinski definition) is 3. The second-order valence-electron chi connectivity index (χ2n) is 5.31. The Balaban J connectivity index is 2.13. The maximum atomic E-state index is 12.2. The van der Waals surface area contributed by atoms with Crippen molar-refractivity contribution in [1.82, 2.24) is 0 Å². The molecule has 4 N–H and O–H groups in total. The molecule has 0 saturated heterocycles. The highest BCUT2D eigenvalue weighted by molar-refractivity contribution is 6.34. The first-order valence-electron chi connectivity index (χ1n) is 7.21.